The predicted octanol–water partition coefficient (Wildman–Crippen LogP) is 1.62. The van der Waals surface area contributed by atoms with Gasteiger partial charge in [-0.15, -0.1) is 0 Å². The topological polar surface area (TPSA) is 126 Å². The standard InChI is InChI=1S/C18H16N6O3/c1-2-7-24-14-11(16(26)23-18(24)27)8-10(9-19-14)15(25)22-17-20-12-5-3-4-6-13(12)21-17/h3-6,8-9H,2,7H2,1H3,(H,23,26,27)(H2,20,21,22,25). The van der Waals surface area contributed by atoms with E-state index >= 15 is 0 Å². The van der Waals surface area contributed by atoms with E-state index in [4.69, 9.17) is 0 Å². The van der Waals surface area contributed by atoms with Crippen LogP contribution in [0.3, 0.4) is 0 Å². The number of H-pyrrole nitrogens is 2. The van der Waals surface area contributed by atoms with E-state index in [0.717, 1.165) is 11.0 Å². The van der Waals surface area contributed by atoms with Gasteiger partial charge in [-0.2, -0.15) is 0 Å². The summed E-state index contributed by atoms with van der Waals surface area (Å²) in [5.41, 5.74) is 0.879. The molecule has 0 aliphatic carbocycles. The Balaban J connectivity index is 1.71. The molecule has 0 fully saturated rings. The Labute approximate surface area is 152 Å². The predicted molar refractivity (Wildman–Crippen MR) is 101 cm³/mol. The normalized spacial score (nSPS) is 11.1. The number of hydrogen-bond donors (Lipinski definition) is 3. The molecule has 1 amide bonds. The third kappa shape index (κ3) is 2.99. The molecule has 27 heavy (non-hydrogen) atoms. The van der Waals surface area contributed by atoms with Gasteiger partial charge in [-0.1, -0.05) is 19.1 Å². The first-order chi connectivity index (χ1) is 13.1. The fourth-order valence-corrected chi connectivity index (χ4v) is 2.91. The Kier molecular flexibility index (Phi) is 4.03. The Morgan fingerprint density at radius 3 is 2.81 bits per heavy atom. The SMILES string of the molecule is CCCn1c(=O)[nH]c(=O)c2cc(C(=O)Nc3nc4ccccc4[nH]3)cnc21. The van der Waals surface area contributed by atoms with Crippen LogP contribution in [0.15, 0.2) is 46.1 Å². The maximum absolute atomic E-state index is 12.5. The van der Waals surface area contributed by atoms with E-state index in [2.05, 4.69) is 25.3 Å². The van der Waals surface area contributed by atoms with Crippen LogP contribution >= 0.6 is 0 Å². The van der Waals surface area contributed by atoms with Crippen molar-refractivity contribution in [1.82, 2.24) is 24.5 Å². The summed E-state index contributed by atoms with van der Waals surface area (Å²) in [5.74, 6) is -0.165. The Hall–Kier alpha value is -3.75. The molecule has 3 heterocycles. The molecule has 0 saturated heterocycles. The molecular weight excluding hydrogens is 348 g/mol. The largest absolute Gasteiger partial charge is 0.329 e. The molecule has 0 radical (unpaired) electrons. The number of imidazole rings is 1. The van der Waals surface area contributed by atoms with E-state index < -0.39 is 17.2 Å². The van der Waals surface area contributed by atoms with Crippen molar-refractivity contribution in [2.75, 3.05) is 5.32 Å². The van der Waals surface area contributed by atoms with Gasteiger partial charge in [-0.05, 0) is 24.6 Å². The van der Waals surface area contributed by atoms with Gasteiger partial charge in [0.15, 0.2) is 0 Å². The van der Waals surface area contributed by atoms with Crippen molar-refractivity contribution in [3.63, 3.8) is 0 Å². The highest BCUT2D eigenvalue weighted by atomic mass is 16.2. The molecule has 0 bridgehead atoms. The first-order valence-corrected chi connectivity index (χ1v) is 8.46. The number of hydrogen-bond acceptors (Lipinski definition) is 5. The lowest BCUT2D eigenvalue weighted by molar-refractivity contribution is 0.102. The molecule has 9 nitrogen and oxygen atoms in total. The second-order valence-electron chi connectivity index (χ2n) is 6.06. The summed E-state index contributed by atoms with van der Waals surface area (Å²) < 4.78 is 1.39. The summed E-state index contributed by atoms with van der Waals surface area (Å²) in [5, 5.41) is 2.84. The van der Waals surface area contributed by atoms with Crippen molar-refractivity contribution in [3.8, 4) is 0 Å². The third-order valence-corrected chi connectivity index (χ3v) is 4.16. The number of para-hydroxylation sites is 2. The number of anilines is 1. The third-order valence-electron chi connectivity index (χ3n) is 4.16. The van der Waals surface area contributed by atoms with Crippen molar-refractivity contribution >= 4 is 33.9 Å². The minimum Gasteiger partial charge on any atom is -0.324 e. The van der Waals surface area contributed by atoms with Crippen LogP contribution in [0.5, 0.6) is 0 Å². The van der Waals surface area contributed by atoms with Crippen LogP contribution < -0.4 is 16.6 Å². The maximum atomic E-state index is 12.5. The molecule has 136 valence electrons. The van der Waals surface area contributed by atoms with Crippen LogP contribution in [-0.4, -0.2) is 30.4 Å². The van der Waals surface area contributed by atoms with E-state index in [1.165, 1.54) is 16.8 Å². The molecule has 0 unspecified atom stereocenters. The van der Waals surface area contributed by atoms with Gasteiger partial charge >= 0.3 is 5.69 Å². The molecule has 0 saturated carbocycles. The van der Waals surface area contributed by atoms with Gasteiger partial charge in [0.2, 0.25) is 5.95 Å². The lowest BCUT2D eigenvalue weighted by Gasteiger charge is -2.08. The maximum Gasteiger partial charge on any atom is 0.329 e. The van der Waals surface area contributed by atoms with Gasteiger partial charge in [0.25, 0.3) is 11.5 Å². The van der Waals surface area contributed by atoms with Crippen LogP contribution in [0.2, 0.25) is 0 Å². The zero-order valence-electron chi connectivity index (χ0n) is 14.4. The Morgan fingerprint density at radius 2 is 2.04 bits per heavy atom. The summed E-state index contributed by atoms with van der Waals surface area (Å²) >= 11 is 0. The number of carbonyl (C=O) groups is 1. The molecule has 1 aromatic carbocycles. The number of pyridine rings is 1. The van der Waals surface area contributed by atoms with Crippen molar-refractivity contribution in [1.29, 1.82) is 0 Å². The van der Waals surface area contributed by atoms with E-state index in [1.54, 1.807) is 0 Å². The molecule has 3 aromatic heterocycles. The van der Waals surface area contributed by atoms with Gasteiger partial charge in [0.05, 0.1) is 22.0 Å². The lowest BCUT2D eigenvalue weighted by Crippen LogP contribution is -2.31. The van der Waals surface area contributed by atoms with E-state index in [-0.39, 0.29) is 16.6 Å². The average molecular weight is 364 g/mol. The molecule has 4 aromatic rings. The monoisotopic (exact) mass is 364 g/mol. The lowest BCUT2D eigenvalue weighted by atomic mass is 10.2. The second-order valence-corrected chi connectivity index (χ2v) is 6.06. The van der Waals surface area contributed by atoms with Crippen molar-refractivity contribution in [2.45, 2.75) is 19.9 Å². The highest BCUT2D eigenvalue weighted by Gasteiger charge is 2.14. The zero-order valence-corrected chi connectivity index (χ0v) is 14.4. The van der Waals surface area contributed by atoms with Gasteiger partial charge in [0, 0.05) is 12.7 Å². The molecule has 3 N–H and O–H groups in total. The molecule has 0 aliphatic rings. The summed E-state index contributed by atoms with van der Waals surface area (Å²) in [6, 6.07) is 8.81. The number of carbonyl (C=O) groups excluding carboxylic acids is 1. The number of aromatic nitrogens is 5. The Bertz CT molecular complexity index is 1250. The summed E-state index contributed by atoms with van der Waals surface area (Å²) in [4.78, 5) is 50.4. The average Bonchev–Trinajstić information content (AvgIpc) is 3.07. The van der Waals surface area contributed by atoms with Crippen LogP contribution in [0.4, 0.5) is 5.95 Å². The van der Waals surface area contributed by atoms with Gasteiger partial charge in [0.1, 0.15) is 5.65 Å². The first kappa shape index (κ1) is 16.7. The minimum absolute atomic E-state index is 0.181. The molecule has 4 rings (SSSR count). The number of rotatable bonds is 4. The van der Waals surface area contributed by atoms with Crippen LogP contribution in [0, 0.1) is 0 Å². The smallest absolute Gasteiger partial charge is 0.324 e. The number of aromatic amines is 2. The van der Waals surface area contributed by atoms with Crippen LogP contribution in [-0.2, 0) is 6.54 Å². The first-order valence-electron chi connectivity index (χ1n) is 8.46. The van der Waals surface area contributed by atoms with Gasteiger partial charge < -0.3 is 4.98 Å². The van der Waals surface area contributed by atoms with Crippen LogP contribution in [0.1, 0.15) is 23.7 Å². The summed E-state index contributed by atoms with van der Waals surface area (Å²) in [6.45, 7) is 2.34. The summed E-state index contributed by atoms with van der Waals surface area (Å²) in [6.07, 6.45) is 2.04. The molecule has 0 spiro atoms. The quantitative estimate of drug-likeness (QED) is 0.507. The van der Waals surface area contributed by atoms with Gasteiger partial charge in [-0.3, -0.25) is 24.5 Å². The van der Waals surface area contributed by atoms with Crippen molar-refractivity contribution < 1.29 is 4.79 Å². The van der Waals surface area contributed by atoms with Crippen molar-refractivity contribution in [3.05, 3.63) is 62.9 Å². The number of aryl methyl sites for hydroxylation is 1. The highest BCUT2D eigenvalue weighted by molar-refractivity contribution is 6.05. The molecule has 9 heteroatoms. The van der Waals surface area contributed by atoms with Gasteiger partial charge in [-0.25, -0.2) is 14.8 Å². The van der Waals surface area contributed by atoms with E-state index in [1.807, 2.05) is 31.2 Å². The molecule has 0 aliphatic heterocycles. The second kappa shape index (κ2) is 6.52. The number of fused-ring (bicyclic) bond motifs is 2. The van der Waals surface area contributed by atoms with Crippen LogP contribution in [0.25, 0.3) is 22.1 Å². The molecule has 0 atom stereocenters. The Morgan fingerprint density at radius 1 is 1.22 bits per heavy atom. The number of benzene rings is 1. The van der Waals surface area contributed by atoms with E-state index in [0.29, 0.717) is 18.9 Å². The number of nitrogens with zero attached hydrogens (tertiary/aromatic N) is 3. The zero-order chi connectivity index (χ0) is 19.0. The number of nitrogens with one attached hydrogen (secondary N) is 3. The number of amides is 1. The fraction of sp³-hybridized carbons (Fsp3) is 0.167. The minimum atomic E-state index is -0.576. The van der Waals surface area contributed by atoms with Crippen molar-refractivity contribution in [2.24, 2.45) is 0 Å². The highest BCUT2D eigenvalue weighted by Crippen LogP contribution is 2.15. The van der Waals surface area contributed by atoms with E-state index in [9.17, 15) is 14.4 Å². The summed E-state index contributed by atoms with van der Waals surface area (Å²) in [7, 11) is 0. The molecular formula is C18H16N6O3. The fourth-order valence-electron chi connectivity index (χ4n) is 2.91.